The van der Waals surface area contributed by atoms with Crippen LogP contribution in [0.25, 0.3) is 0 Å². The molecule has 0 fully saturated rings. The molecule has 1 N–H and O–H groups in total. The highest BCUT2D eigenvalue weighted by atomic mass is 16.3. The van der Waals surface area contributed by atoms with Crippen LogP contribution in [0.4, 0.5) is 0 Å². The second-order valence-corrected chi connectivity index (χ2v) is 2.41. The maximum Gasteiger partial charge on any atom is 0.190 e. The first-order valence-corrected chi connectivity index (χ1v) is 3.49. The molecule has 0 amide bonds. The molecule has 11 heavy (non-hydrogen) atoms. The second-order valence-electron chi connectivity index (χ2n) is 2.41. The third kappa shape index (κ3) is 1.88. The van der Waals surface area contributed by atoms with Crippen LogP contribution in [-0.4, -0.2) is 17.0 Å². The quantitative estimate of drug-likeness (QED) is 0.644. The summed E-state index contributed by atoms with van der Waals surface area (Å²) in [5, 5.41) is 8.92. The summed E-state index contributed by atoms with van der Waals surface area (Å²) in [6.45, 7) is 1.47. The van der Waals surface area contributed by atoms with Crippen molar-refractivity contribution in [2.45, 2.75) is 13.0 Å². The highest BCUT2D eigenvalue weighted by molar-refractivity contribution is 5.98. The molecule has 0 bridgehead atoms. The fraction of sp³-hybridized carbons (Fsp3) is 0.222. The van der Waals surface area contributed by atoms with E-state index < -0.39 is 6.10 Å². The van der Waals surface area contributed by atoms with Crippen LogP contribution in [0.15, 0.2) is 30.3 Å². The lowest BCUT2D eigenvalue weighted by molar-refractivity contribution is 0.0779. The Bertz CT molecular complexity index is 239. The molecule has 0 heterocycles. The normalized spacial score (nSPS) is 12.5. The van der Waals surface area contributed by atoms with Crippen LogP contribution in [0.3, 0.4) is 0 Å². The van der Waals surface area contributed by atoms with E-state index in [1.807, 2.05) is 6.07 Å². The van der Waals surface area contributed by atoms with Gasteiger partial charge in [0, 0.05) is 5.56 Å². The van der Waals surface area contributed by atoms with Gasteiger partial charge in [0.1, 0.15) is 6.10 Å². The van der Waals surface area contributed by atoms with Gasteiger partial charge in [0.15, 0.2) is 5.78 Å². The van der Waals surface area contributed by atoms with Crippen LogP contribution >= 0.6 is 0 Å². The molecule has 0 radical (unpaired) electrons. The maximum atomic E-state index is 11.1. The highest BCUT2D eigenvalue weighted by Gasteiger charge is 2.09. The van der Waals surface area contributed by atoms with Crippen LogP contribution in [0.2, 0.25) is 0 Å². The van der Waals surface area contributed by atoms with Gasteiger partial charge >= 0.3 is 0 Å². The summed E-state index contributed by atoms with van der Waals surface area (Å²) in [5.41, 5.74) is 0.558. The van der Waals surface area contributed by atoms with Crippen molar-refractivity contribution in [3.63, 3.8) is 0 Å². The molecular weight excluding hydrogens is 140 g/mol. The molecule has 0 saturated heterocycles. The van der Waals surface area contributed by atoms with Crippen LogP contribution < -0.4 is 0 Å². The molecule has 58 valence electrons. The minimum Gasteiger partial charge on any atom is -0.385 e. The Kier molecular flexibility index (Phi) is 2.39. The van der Waals surface area contributed by atoms with E-state index in [4.69, 9.17) is 5.11 Å². The number of hydrogen-bond donors (Lipinski definition) is 1. The maximum absolute atomic E-state index is 11.1. The van der Waals surface area contributed by atoms with Crippen LogP contribution in [-0.2, 0) is 0 Å². The van der Waals surface area contributed by atoms with Gasteiger partial charge in [0.05, 0.1) is 0 Å². The number of ketones is 1. The van der Waals surface area contributed by atoms with E-state index in [-0.39, 0.29) is 5.78 Å². The summed E-state index contributed by atoms with van der Waals surface area (Å²) in [5.74, 6) is -0.231. The van der Waals surface area contributed by atoms with Crippen LogP contribution in [0, 0.1) is 0 Å². The summed E-state index contributed by atoms with van der Waals surface area (Å²) in [6.07, 6.45) is -0.905. The number of aliphatic hydroxyl groups excluding tert-OH is 1. The Morgan fingerprint density at radius 1 is 1.36 bits per heavy atom. The van der Waals surface area contributed by atoms with Crippen molar-refractivity contribution < 1.29 is 9.90 Å². The van der Waals surface area contributed by atoms with E-state index in [0.717, 1.165) is 0 Å². The molecule has 2 heteroatoms. The largest absolute Gasteiger partial charge is 0.385 e. The van der Waals surface area contributed by atoms with Gasteiger partial charge < -0.3 is 5.11 Å². The highest BCUT2D eigenvalue weighted by Crippen LogP contribution is 2.02. The van der Waals surface area contributed by atoms with E-state index in [9.17, 15) is 4.79 Å². The smallest absolute Gasteiger partial charge is 0.190 e. The molecule has 1 unspecified atom stereocenters. The summed E-state index contributed by atoms with van der Waals surface area (Å²) < 4.78 is 0. The Morgan fingerprint density at radius 2 is 1.91 bits per heavy atom. The van der Waals surface area contributed by atoms with Gasteiger partial charge in [-0.2, -0.15) is 0 Å². The Hall–Kier alpha value is -1.15. The molecule has 2 nitrogen and oxygen atoms in total. The lowest BCUT2D eigenvalue weighted by atomic mass is 10.1. The predicted octanol–water partition coefficient (Wildman–Crippen LogP) is 1.25. The molecule has 0 saturated carbocycles. The van der Waals surface area contributed by atoms with Crippen molar-refractivity contribution in [1.29, 1.82) is 0 Å². The Labute approximate surface area is 65.5 Å². The number of carbonyl (C=O) groups is 1. The third-order valence-electron chi connectivity index (χ3n) is 1.44. The van der Waals surface area contributed by atoms with Gasteiger partial charge in [0.2, 0.25) is 0 Å². The monoisotopic (exact) mass is 150 g/mol. The first kappa shape index (κ1) is 7.95. The van der Waals surface area contributed by atoms with Gasteiger partial charge in [-0.15, -0.1) is 0 Å². The molecule has 0 aliphatic rings. The van der Waals surface area contributed by atoms with Gasteiger partial charge in [-0.05, 0) is 6.92 Å². The molecular formula is C9H10O2. The van der Waals surface area contributed by atoms with Gasteiger partial charge in [-0.1, -0.05) is 30.3 Å². The predicted molar refractivity (Wildman–Crippen MR) is 42.5 cm³/mol. The van der Waals surface area contributed by atoms with Gasteiger partial charge in [-0.3, -0.25) is 4.79 Å². The zero-order valence-corrected chi connectivity index (χ0v) is 6.32. The fourth-order valence-electron chi connectivity index (χ4n) is 0.844. The topological polar surface area (TPSA) is 37.3 Å². The van der Waals surface area contributed by atoms with Crippen molar-refractivity contribution in [3.8, 4) is 0 Å². The summed E-state index contributed by atoms with van der Waals surface area (Å²) in [4.78, 5) is 11.1. The summed E-state index contributed by atoms with van der Waals surface area (Å²) in [6, 6.07) is 8.76. The first-order chi connectivity index (χ1) is 5.22. The molecule has 1 atom stereocenters. The SMILES string of the molecule is CC(O)C(=O)c1ccccc1. The molecule has 1 rings (SSSR count). The van der Waals surface area contributed by atoms with Crippen molar-refractivity contribution in [2.75, 3.05) is 0 Å². The zero-order valence-electron chi connectivity index (χ0n) is 6.32. The summed E-state index contributed by atoms with van der Waals surface area (Å²) in [7, 11) is 0. The molecule has 0 spiro atoms. The van der Waals surface area contributed by atoms with Crippen molar-refractivity contribution in [2.24, 2.45) is 0 Å². The van der Waals surface area contributed by atoms with E-state index in [1.165, 1.54) is 6.92 Å². The van der Waals surface area contributed by atoms with E-state index in [0.29, 0.717) is 5.56 Å². The fourth-order valence-corrected chi connectivity index (χ4v) is 0.844. The zero-order chi connectivity index (χ0) is 8.27. The van der Waals surface area contributed by atoms with Crippen molar-refractivity contribution >= 4 is 5.78 Å². The number of Topliss-reactive ketones (excluding diaryl/α,β-unsaturated/α-hetero) is 1. The van der Waals surface area contributed by atoms with Crippen LogP contribution in [0.5, 0.6) is 0 Å². The van der Waals surface area contributed by atoms with E-state index >= 15 is 0 Å². The average molecular weight is 150 g/mol. The lowest BCUT2D eigenvalue weighted by Gasteiger charge is -2.01. The number of aliphatic hydroxyl groups is 1. The number of rotatable bonds is 2. The first-order valence-electron chi connectivity index (χ1n) is 3.49. The van der Waals surface area contributed by atoms with Crippen molar-refractivity contribution in [3.05, 3.63) is 35.9 Å². The van der Waals surface area contributed by atoms with E-state index in [1.54, 1.807) is 24.3 Å². The second kappa shape index (κ2) is 3.30. The minimum atomic E-state index is -0.905. The van der Waals surface area contributed by atoms with Crippen molar-refractivity contribution in [1.82, 2.24) is 0 Å². The standard InChI is InChI=1S/C9H10O2/c1-7(10)9(11)8-5-3-2-4-6-8/h2-7,10H,1H3. The Balaban J connectivity index is 2.86. The molecule has 0 aliphatic carbocycles. The van der Waals surface area contributed by atoms with Crippen LogP contribution in [0.1, 0.15) is 17.3 Å². The molecule has 0 aliphatic heterocycles. The molecule has 1 aromatic rings. The molecule has 1 aromatic carbocycles. The Morgan fingerprint density at radius 3 is 2.36 bits per heavy atom. The number of carbonyl (C=O) groups excluding carboxylic acids is 1. The number of hydrogen-bond acceptors (Lipinski definition) is 2. The van der Waals surface area contributed by atoms with Gasteiger partial charge in [-0.25, -0.2) is 0 Å². The van der Waals surface area contributed by atoms with Gasteiger partial charge in [0.25, 0.3) is 0 Å². The lowest BCUT2D eigenvalue weighted by Crippen LogP contribution is -2.15. The molecule has 0 aromatic heterocycles. The average Bonchev–Trinajstić information content (AvgIpc) is 2.05. The van der Waals surface area contributed by atoms with E-state index in [2.05, 4.69) is 0 Å². The summed E-state index contributed by atoms with van der Waals surface area (Å²) >= 11 is 0. The minimum absolute atomic E-state index is 0.231. The third-order valence-corrected chi connectivity index (χ3v) is 1.44. The number of benzene rings is 1.